The molecule has 1 N–H and O–H groups in total. The van der Waals surface area contributed by atoms with E-state index in [1.165, 1.54) is 30.9 Å². The molecule has 21 heavy (non-hydrogen) atoms. The van der Waals surface area contributed by atoms with Crippen molar-refractivity contribution in [3.8, 4) is 0 Å². The molecular formula is C18H22FNO. The summed E-state index contributed by atoms with van der Waals surface area (Å²) in [6, 6.07) is 4.83. The van der Waals surface area contributed by atoms with E-state index < -0.39 is 0 Å². The molecule has 1 aliphatic rings. The van der Waals surface area contributed by atoms with Gasteiger partial charge in [0.05, 0.1) is 6.04 Å². The molecule has 0 spiro atoms. The second kappa shape index (κ2) is 6.02. The number of likely N-dealkylation sites (N-methyl/N-ethyl adjacent to an activating group) is 1. The average molecular weight is 287 g/mol. The van der Waals surface area contributed by atoms with E-state index in [1.54, 1.807) is 12.1 Å². The van der Waals surface area contributed by atoms with Crippen molar-refractivity contribution in [2.24, 2.45) is 0 Å². The molecule has 0 fully saturated rings. The lowest BCUT2D eigenvalue weighted by Gasteiger charge is -2.18. The van der Waals surface area contributed by atoms with Gasteiger partial charge in [0.25, 0.3) is 0 Å². The largest absolute Gasteiger partial charge is 0.459 e. The standard InChI is InChI=1S/C18H22FNO/c1-12-15-11-14(19)9-10-16(15)21-18(12)17(20-2)13-7-5-3-4-6-8-13/h7,9-11,17,20H,3-6,8H2,1-2H3. The minimum atomic E-state index is -0.215. The van der Waals surface area contributed by atoms with Crippen LogP contribution in [0.15, 0.2) is 34.3 Å². The van der Waals surface area contributed by atoms with Gasteiger partial charge in [-0.1, -0.05) is 12.5 Å². The van der Waals surface area contributed by atoms with Crippen molar-refractivity contribution in [2.45, 2.75) is 45.1 Å². The lowest BCUT2D eigenvalue weighted by atomic mass is 9.97. The Morgan fingerprint density at radius 1 is 1.24 bits per heavy atom. The van der Waals surface area contributed by atoms with E-state index in [1.807, 2.05) is 14.0 Å². The Labute approximate surface area is 125 Å². The van der Waals surface area contributed by atoms with E-state index in [0.717, 1.165) is 35.1 Å². The molecule has 1 unspecified atom stereocenters. The van der Waals surface area contributed by atoms with Crippen molar-refractivity contribution in [1.29, 1.82) is 0 Å². The molecule has 1 aromatic heterocycles. The molecule has 1 aliphatic carbocycles. The molecule has 1 heterocycles. The first-order valence-electron chi connectivity index (χ1n) is 7.75. The first-order valence-corrected chi connectivity index (χ1v) is 7.75. The second-order valence-corrected chi connectivity index (χ2v) is 5.83. The van der Waals surface area contributed by atoms with Crippen LogP contribution in [-0.2, 0) is 0 Å². The van der Waals surface area contributed by atoms with E-state index in [2.05, 4.69) is 11.4 Å². The molecular weight excluding hydrogens is 265 g/mol. The van der Waals surface area contributed by atoms with Crippen LogP contribution in [0.5, 0.6) is 0 Å². The van der Waals surface area contributed by atoms with Crippen molar-refractivity contribution >= 4 is 11.0 Å². The van der Waals surface area contributed by atoms with Crippen LogP contribution in [0.25, 0.3) is 11.0 Å². The van der Waals surface area contributed by atoms with Gasteiger partial charge in [-0.15, -0.1) is 0 Å². The molecule has 0 amide bonds. The van der Waals surface area contributed by atoms with Gasteiger partial charge in [-0.2, -0.15) is 0 Å². The normalized spacial score (nSPS) is 17.6. The van der Waals surface area contributed by atoms with Gasteiger partial charge < -0.3 is 9.73 Å². The molecule has 112 valence electrons. The zero-order valence-electron chi connectivity index (χ0n) is 12.7. The summed E-state index contributed by atoms with van der Waals surface area (Å²) < 4.78 is 19.5. The summed E-state index contributed by atoms with van der Waals surface area (Å²) in [4.78, 5) is 0. The van der Waals surface area contributed by atoms with E-state index in [9.17, 15) is 4.39 Å². The maximum absolute atomic E-state index is 13.4. The fourth-order valence-corrected chi connectivity index (χ4v) is 3.27. The van der Waals surface area contributed by atoms with E-state index in [0.29, 0.717) is 0 Å². The average Bonchev–Trinajstić information content (AvgIpc) is 2.69. The summed E-state index contributed by atoms with van der Waals surface area (Å²) in [5.41, 5.74) is 3.20. The van der Waals surface area contributed by atoms with Crippen LogP contribution in [0.2, 0.25) is 0 Å². The van der Waals surface area contributed by atoms with E-state index in [4.69, 9.17) is 4.42 Å². The highest BCUT2D eigenvalue weighted by molar-refractivity contribution is 5.82. The Balaban J connectivity index is 2.04. The van der Waals surface area contributed by atoms with Crippen LogP contribution in [0.4, 0.5) is 4.39 Å². The molecule has 0 saturated heterocycles. The van der Waals surface area contributed by atoms with Gasteiger partial charge in [0, 0.05) is 10.9 Å². The van der Waals surface area contributed by atoms with Gasteiger partial charge in [-0.05, 0) is 63.4 Å². The van der Waals surface area contributed by atoms with Gasteiger partial charge in [0.2, 0.25) is 0 Å². The fourth-order valence-electron chi connectivity index (χ4n) is 3.27. The molecule has 3 rings (SSSR count). The Bertz CT molecular complexity index is 671. The zero-order chi connectivity index (χ0) is 14.8. The molecule has 0 aliphatic heterocycles. The summed E-state index contributed by atoms with van der Waals surface area (Å²) >= 11 is 0. The fraction of sp³-hybridized carbons (Fsp3) is 0.444. The lowest BCUT2D eigenvalue weighted by Crippen LogP contribution is -2.19. The van der Waals surface area contributed by atoms with Crippen LogP contribution in [0.3, 0.4) is 0 Å². The van der Waals surface area contributed by atoms with Crippen molar-refractivity contribution < 1.29 is 8.81 Å². The van der Waals surface area contributed by atoms with Crippen LogP contribution in [0.1, 0.15) is 49.5 Å². The van der Waals surface area contributed by atoms with Crippen LogP contribution in [0, 0.1) is 12.7 Å². The molecule has 2 nitrogen and oxygen atoms in total. The van der Waals surface area contributed by atoms with Gasteiger partial charge in [-0.25, -0.2) is 4.39 Å². The summed E-state index contributed by atoms with van der Waals surface area (Å²) in [7, 11) is 1.96. The molecule has 0 bridgehead atoms. The molecule has 3 heteroatoms. The molecule has 1 atom stereocenters. The molecule has 0 saturated carbocycles. The highest BCUT2D eigenvalue weighted by Crippen LogP contribution is 2.35. The smallest absolute Gasteiger partial charge is 0.134 e. The number of hydrogen-bond acceptors (Lipinski definition) is 2. The number of allylic oxidation sites excluding steroid dienone is 1. The number of aryl methyl sites for hydroxylation is 1. The van der Waals surface area contributed by atoms with Crippen LogP contribution < -0.4 is 5.32 Å². The maximum Gasteiger partial charge on any atom is 0.134 e. The summed E-state index contributed by atoms with van der Waals surface area (Å²) in [6.45, 7) is 2.02. The van der Waals surface area contributed by atoms with E-state index in [-0.39, 0.29) is 11.9 Å². The second-order valence-electron chi connectivity index (χ2n) is 5.83. The molecule has 0 radical (unpaired) electrons. The number of rotatable bonds is 3. The van der Waals surface area contributed by atoms with Crippen molar-refractivity contribution in [2.75, 3.05) is 7.05 Å². The lowest BCUT2D eigenvalue weighted by molar-refractivity contribution is 0.474. The minimum Gasteiger partial charge on any atom is -0.459 e. The Morgan fingerprint density at radius 3 is 2.90 bits per heavy atom. The number of benzene rings is 1. The third-order valence-corrected chi connectivity index (χ3v) is 4.43. The SMILES string of the molecule is CNC(C1=CCCCCC1)c1oc2ccc(F)cc2c1C. The minimum absolute atomic E-state index is 0.0959. The predicted octanol–water partition coefficient (Wildman–Crippen LogP) is 5.03. The highest BCUT2D eigenvalue weighted by atomic mass is 19.1. The maximum atomic E-state index is 13.4. The van der Waals surface area contributed by atoms with Gasteiger partial charge in [0.1, 0.15) is 17.2 Å². The van der Waals surface area contributed by atoms with Crippen molar-refractivity contribution in [3.63, 3.8) is 0 Å². The first-order chi connectivity index (χ1) is 10.2. The topological polar surface area (TPSA) is 25.2 Å². The Hall–Kier alpha value is -1.61. The number of fused-ring (bicyclic) bond motifs is 1. The summed E-state index contributed by atoms with van der Waals surface area (Å²) in [6.07, 6.45) is 8.39. The summed E-state index contributed by atoms with van der Waals surface area (Å²) in [5.74, 6) is 0.707. The quantitative estimate of drug-likeness (QED) is 0.801. The third-order valence-electron chi connectivity index (χ3n) is 4.43. The van der Waals surface area contributed by atoms with Crippen molar-refractivity contribution in [3.05, 3.63) is 47.0 Å². The monoisotopic (exact) mass is 287 g/mol. The Morgan fingerprint density at radius 2 is 2.10 bits per heavy atom. The predicted molar refractivity (Wildman–Crippen MR) is 83.9 cm³/mol. The van der Waals surface area contributed by atoms with Crippen molar-refractivity contribution in [1.82, 2.24) is 5.32 Å². The van der Waals surface area contributed by atoms with Gasteiger partial charge in [-0.3, -0.25) is 0 Å². The first kappa shape index (κ1) is 14.3. The number of nitrogens with one attached hydrogen (secondary N) is 1. The number of furan rings is 1. The molecule has 1 aromatic carbocycles. The highest BCUT2D eigenvalue weighted by Gasteiger charge is 2.23. The molecule has 2 aromatic rings. The zero-order valence-corrected chi connectivity index (χ0v) is 12.7. The van der Waals surface area contributed by atoms with Gasteiger partial charge >= 0.3 is 0 Å². The van der Waals surface area contributed by atoms with E-state index >= 15 is 0 Å². The van der Waals surface area contributed by atoms with Gasteiger partial charge in [0.15, 0.2) is 0 Å². The van der Waals surface area contributed by atoms with Crippen LogP contribution in [-0.4, -0.2) is 7.05 Å². The summed E-state index contributed by atoms with van der Waals surface area (Å²) in [5, 5.41) is 4.25. The Kier molecular flexibility index (Phi) is 4.11. The van der Waals surface area contributed by atoms with Crippen LogP contribution >= 0.6 is 0 Å². The third kappa shape index (κ3) is 2.75. The number of halogens is 1. The number of hydrogen-bond donors (Lipinski definition) is 1.